The normalized spacial score (nSPS) is 11.8. The molecule has 0 bridgehead atoms. The zero-order valence-corrected chi connectivity index (χ0v) is 8.93. The molecular formula is C5H10CaO3S+2. The summed E-state index contributed by atoms with van der Waals surface area (Å²) in [6.45, 7) is 0. The third kappa shape index (κ3) is 7.15. The number of hydrogen-bond acceptors (Lipinski definition) is 3. The van der Waals surface area contributed by atoms with Gasteiger partial charge in [-0.1, -0.05) is 0 Å². The molecule has 1 unspecified atom stereocenters. The van der Waals surface area contributed by atoms with Crippen LogP contribution in [0.15, 0.2) is 0 Å². The maximum atomic E-state index is 9.95. The van der Waals surface area contributed by atoms with Crippen LogP contribution in [0.5, 0.6) is 0 Å². The Morgan fingerprint density at radius 2 is 2.20 bits per heavy atom. The van der Waals surface area contributed by atoms with E-state index in [0.717, 1.165) is 0 Å². The summed E-state index contributed by atoms with van der Waals surface area (Å²) in [5.74, 6) is -0.447. The minimum atomic E-state index is -1.18. The molecular weight excluding hydrogens is 180 g/mol. The van der Waals surface area contributed by atoms with Crippen molar-refractivity contribution in [3.05, 3.63) is 0 Å². The number of carbonyl (C=O) groups is 1. The van der Waals surface area contributed by atoms with Crippen LogP contribution in [0.3, 0.4) is 0 Å². The van der Waals surface area contributed by atoms with E-state index in [1.165, 1.54) is 11.8 Å². The Balaban J connectivity index is 0. The summed E-state index contributed by atoms with van der Waals surface area (Å²) >= 11 is 1.52. The van der Waals surface area contributed by atoms with Gasteiger partial charge in [0.15, 0.2) is 6.10 Å². The van der Waals surface area contributed by atoms with E-state index in [2.05, 4.69) is 0 Å². The van der Waals surface area contributed by atoms with Gasteiger partial charge in [-0.2, -0.15) is 11.8 Å². The Morgan fingerprint density at radius 3 is 2.50 bits per heavy atom. The monoisotopic (exact) mass is 190 g/mol. The molecule has 0 heterocycles. The van der Waals surface area contributed by atoms with E-state index in [9.17, 15) is 4.79 Å². The number of carboxylic acids is 1. The summed E-state index contributed by atoms with van der Waals surface area (Å²) in [4.78, 5) is 9.95. The number of carboxylic acid groups (broad SMARTS) is 1. The van der Waals surface area contributed by atoms with Gasteiger partial charge in [-0.05, 0) is 18.4 Å². The first kappa shape index (κ1) is 13.6. The minimum absolute atomic E-state index is 0. The smallest absolute Gasteiger partial charge is 0.479 e. The molecule has 0 aromatic heterocycles. The minimum Gasteiger partial charge on any atom is -0.479 e. The predicted octanol–water partition coefficient (Wildman–Crippen LogP) is -0.196. The third-order valence-corrected chi connectivity index (χ3v) is 1.52. The number of hydrogen-bond donors (Lipinski definition) is 2. The first-order valence-corrected chi connectivity index (χ1v) is 3.97. The largest absolute Gasteiger partial charge is 2.00 e. The van der Waals surface area contributed by atoms with Crippen molar-refractivity contribution in [3.63, 3.8) is 0 Å². The van der Waals surface area contributed by atoms with Crippen LogP contribution in [-0.2, 0) is 4.79 Å². The van der Waals surface area contributed by atoms with Gasteiger partial charge in [0.1, 0.15) is 0 Å². The van der Waals surface area contributed by atoms with Crippen LogP contribution in [0.1, 0.15) is 6.42 Å². The molecule has 0 fully saturated rings. The Kier molecular flexibility index (Phi) is 11.1. The van der Waals surface area contributed by atoms with Crippen LogP contribution in [0.2, 0.25) is 0 Å². The SMILES string of the molecule is CSCCC(O)C(=O)O.[Ca+2]. The summed E-state index contributed by atoms with van der Waals surface area (Å²) in [6.07, 6.45) is 1.02. The molecule has 0 amide bonds. The van der Waals surface area contributed by atoms with Crippen LogP contribution in [0, 0.1) is 0 Å². The first-order chi connectivity index (χ1) is 4.18. The van der Waals surface area contributed by atoms with Crippen molar-refractivity contribution >= 4 is 55.5 Å². The molecule has 0 saturated heterocycles. The van der Waals surface area contributed by atoms with E-state index in [4.69, 9.17) is 10.2 Å². The predicted molar refractivity (Wildman–Crippen MR) is 42.4 cm³/mol. The maximum Gasteiger partial charge on any atom is 2.00 e. The van der Waals surface area contributed by atoms with Crippen LogP contribution in [-0.4, -0.2) is 72.0 Å². The van der Waals surface area contributed by atoms with Gasteiger partial charge in [0.25, 0.3) is 0 Å². The van der Waals surface area contributed by atoms with Crippen molar-refractivity contribution in [2.75, 3.05) is 12.0 Å². The molecule has 1 atom stereocenters. The molecule has 0 aromatic carbocycles. The van der Waals surface area contributed by atoms with E-state index >= 15 is 0 Å². The molecule has 5 heteroatoms. The molecule has 3 nitrogen and oxygen atoms in total. The number of aliphatic hydroxyl groups excluding tert-OH is 1. The van der Waals surface area contributed by atoms with Gasteiger partial charge in [0.05, 0.1) is 0 Å². The molecule has 0 aromatic rings. The number of aliphatic hydroxyl groups is 1. The fraction of sp³-hybridized carbons (Fsp3) is 0.800. The van der Waals surface area contributed by atoms with Crippen LogP contribution in [0.4, 0.5) is 0 Å². The Bertz CT molecular complexity index is 98.9. The molecule has 0 saturated carbocycles. The Morgan fingerprint density at radius 1 is 1.70 bits per heavy atom. The van der Waals surface area contributed by atoms with E-state index in [1.54, 1.807) is 0 Å². The van der Waals surface area contributed by atoms with E-state index in [1.807, 2.05) is 6.26 Å². The second kappa shape index (κ2) is 8.14. The van der Waals surface area contributed by atoms with Crippen molar-refractivity contribution in [1.29, 1.82) is 0 Å². The van der Waals surface area contributed by atoms with Crippen molar-refractivity contribution in [2.45, 2.75) is 12.5 Å². The van der Waals surface area contributed by atoms with Gasteiger partial charge < -0.3 is 10.2 Å². The molecule has 54 valence electrons. The number of thioether (sulfide) groups is 1. The van der Waals surface area contributed by atoms with Gasteiger partial charge in [-0.15, -0.1) is 0 Å². The van der Waals surface area contributed by atoms with Crippen LogP contribution >= 0.6 is 11.8 Å². The van der Waals surface area contributed by atoms with Crippen molar-refractivity contribution in [3.8, 4) is 0 Å². The topological polar surface area (TPSA) is 57.5 Å². The summed E-state index contributed by atoms with van der Waals surface area (Å²) < 4.78 is 0. The van der Waals surface area contributed by atoms with Crippen LogP contribution < -0.4 is 0 Å². The molecule has 0 aliphatic rings. The van der Waals surface area contributed by atoms with Crippen molar-refractivity contribution < 1.29 is 15.0 Å². The molecule has 0 rings (SSSR count). The van der Waals surface area contributed by atoms with Gasteiger partial charge in [-0.25, -0.2) is 4.79 Å². The second-order valence-electron chi connectivity index (χ2n) is 1.64. The summed E-state index contributed by atoms with van der Waals surface area (Å²) in [7, 11) is 0. The van der Waals surface area contributed by atoms with E-state index in [0.29, 0.717) is 12.2 Å². The number of rotatable bonds is 4. The van der Waals surface area contributed by atoms with Crippen molar-refractivity contribution in [1.82, 2.24) is 0 Å². The standard InChI is InChI=1S/C5H10O3S.Ca/c1-9-3-2-4(6)5(7)8;/h4,6H,2-3H2,1H3,(H,7,8);/q;+2. The second-order valence-corrected chi connectivity index (χ2v) is 2.62. The van der Waals surface area contributed by atoms with Crippen molar-refractivity contribution in [2.24, 2.45) is 0 Å². The number of aliphatic carboxylic acids is 1. The van der Waals surface area contributed by atoms with Gasteiger partial charge in [0.2, 0.25) is 0 Å². The molecule has 2 N–H and O–H groups in total. The molecule has 0 radical (unpaired) electrons. The summed E-state index contributed by atoms with van der Waals surface area (Å²) in [5.41, 5.74) is 0. The average Bonchev–Trinajstić information content (AvgIpc) is 1.82. The third-order valence-electron chi connectivity index (χ3n) is 0.880. The molecule has 0 spiro atoms. The fourth-order valence-corrected chi connectivity index (χ4v) is 0.812. The maximum absolute atomic E-state index is 9.95. The quantitative estimate of drug-likeness (QED) is 0.603. The molecule has 10 heavy (non-hydrogen) atoms. The fourth-order valence-electron chi connectivity index (χ4n) is 0.353. The first-order valence-electron chi connectivity index (χ1n) is 2.58. The Hall–Kier alpha value is 1.04. The van der Waals surface area contributed by atoms with Crippen LogP contribution in [0.25, 0.3) is 0 Å². The Labute approximate surface area is 94.2 Å². The van der Waals surface area contributed by atoms with Gasteiger partial charge in [-0.3, -0.25) is 0 Å². The zero-order valence-electron chi connectivity index (χ0n) is 5.91. The summed E-state index contributed by atoms with van der Waals surface area (Å²) in [6, 6.07) is 0. The van der Waals surface area contributed by atoms with Gasteiger partial charge in [0, 0.05) is 0 Å². The van der Waals surface area contributed by atoms with E-state index < -0.39 is 12.1 Å². The van der Waals surface area contributed by atoms with Gasteiger partial charge >= 0.3 is 43.7 Å². The van der Waals surface area contributed by atoms with E-state index in [-0.39, 0.29) is 37.7 Å². The molecule has 0 aliphatic carbocycles. The average molecular weight is 190 g/mol. The molecule has 0 aliphatic heterocycles. The zero-order chi connectivity index (χ0) is 7.28. The summed E-state index contributed by atoms with van der Waals surface area (Å²) in [5, 5.41) is 16.8.